The lowest BCUT2D eigenvalue weighted by molar-refractivity contribution is -0.137. The first kappa shape index (κ1) is 27.1. The summed E-state index contributed by atoms with van der Waals surface area (Å²) in [6, 6.07) is 6.26. The van der Waals surface area contributed by atoms with Gasteiger partial charge in [0.2, 0.25) is 0 Å². The number of carbonyl (C=O) groups is 2. The average Bonchev–Trinajstić information content (AvgIpc) is 3.65. The first-order valence-electron chi connectivity index (χ1n) is 11.6. The number of sulfone groups is 1. The standard InChI is InChI=1S/C26H18ClF5N2O4S/c27-20-4-1-15(28)10-18(20)23-22-19(25(36)34-23)5-12(11-39(37,38)17-2-3-17)6-21(22)33-24(35)13-7-14(26(30,31)32)9-16(29)8-13/h1,4-10,17,23H,2-3,11H2,(H,33,35)(H,34,36). The molecule has 0 aromatic heterocycles. The molecule has 3 aromatic carbocycles. The second-order valence-electron chi connectivity index (χ2n) is 9.36. The molecular formula is C26H18ClF5N2O4S. The molecule has 2 N–H and O–H groups in total. The average molecular weight is 585 g/mol. The quantitative estimate of drug-likeness (QED) is 0.358. The van der Waals surface area contributed by atoms with Crippen LogP contribution in [0.4, 0.5) is 27.6 Å². The van der Waals surface area contributed by atoms with Crippen LogP contribution in [0.2, 0.25) is 5.02 Å². The summed E-state index contributed by atoms with van der Waals surface area (Å²) in [7, 11) is -3.57. The number of alkyl halides is 3. The van der Waals surface area contributed by atoms with E-state index in [1.807, 2.05) is 0 Å². The second-order valence-corrected chi connectivity index (χ2v) is 12.1. The molecule has 1 aliphatic heterocycles. The normalized spacial score (nSPS) is 17.1. The van der Waals surface area contributed by atoms with Crippen molar-refractivity contribution in [3.05, 3.63) is 98.6 Å². The third-order valence-corrected chi connectivity index (χ3v) is 9.02. The molecule has 1 fully saturated rings. The fraction of sp³-hybridized carbons (Fsp3) is 0.231. The fourth-order valence-corrected chi connectivity index (χ4v) is 6.45. The lowest BCUT2D eigenvalue weighted by Crippen LogP contribution is -2.21. The third kappa shape index (κ3) is 5.48. The molecule has 1 saturated carbocycles. The molecule has 0 radical (unpaired) electrons. The Balaban J connectivity index is 1.62. The van der Waals surface area contributed by atoms with Crippen molar-refractivity contribution >= 4 is 38.9 Å². The number of hydrogen-bond acceptors (Lipinski definition) is 4. The van der Waals surface area contributed by atoms with Crippen molar-refractivity contribution in [3.8, 4) is 0 Å². The molecule has 1 heterocycles. The Morgan fingerprint density at radius 3 is 2.41 bits per heavy atom. The van der Waals surface area contributed by atoms with Crippen molar-refractivity contribution in [3.63, 3.8) is 0 Å². The van der Waals surface area contributed by atoms with Crippen LogP contribution in [0.5, 0.6) is 0 Å². The van der Waals surface area contributed by atoms with Gasteiger partial charge < -0.3 is 10.6 Å². The number of carbonyl (C=O) groups excluding carboxylic acids is 2. The number of hydrogen-bond donors (Lipinski definition) is 2. The van der Waals surface area contributed by atoms with E-state index < -0.39 is 67.6 Å². The molecule has 3 aromatic rings. The Labute approximate surface area is 224 Å². The molecule has 6 nitrogen and oxygen atoms in total. The molecule has 0 saturated heterocycles. The highest BCUT2D eigenvalue weighted by Crippen LogP contribution is 2.41. The summed E-state index contributed by atoms with van der Waals surface area (Å²) in [4.78, 5) is 26.0. The molecule has 2 amide bonds. The van der Waals surface area contributed by atoms with Crippen LogP contribution in [-0.2, 0) is 21.8 Å². The van der Waals surface area contributed by atoms with Crippen molar-refractivity contribution in [2.24, 2.45) is 0 Å². The first-order valence-corrected chi connectivity index (χ1v) is 13.7. The van der Waals surface area contributed by atoms with Crippen molar-refractivity contribution in [2.45, 2.75) is 36.1 Å². The van der Waals surface area contributed by atoms with Gasteiger partial charge in [-0.15, -0.1) is 0 Å². The molecule has 0 bridgehead atoms. The Bertz CT molecular complexity index is 1640. The van der Waals surface area contributed by atoms with Gasteiger partial charge in [-0.05, 0) is 66.9 Å². The predicted octanol–water partition coefficient (Wildman–Crippen LogP) is 5.80. The van der Waals surface area contributed by atoms with Gasteiger partial charge in [0.15, 0.2) is 9.84 Å². The Hall–Kier alpha value is -3.51. The SMILES string of the molecule is O=C(Nc1cc(CS(=O)(=O)C2CC2)cc2c1C(c1cc(F)ccc1Cl)NC2=O)c1cc(F)cc(C(F)(F)F)c1. The maximum atomic E-state index is 14.1. The molecule has 13 heteroatoms. The summed E-state index contributed by atoms with van der Waals surface area (Å²) < 4.78 is 93.0. The van der Waals surface area contributed by atoms with Gasteiger partial charge in [0.25, 0.3) is 11.8 Å². The fourth-order valence-electron chi connectivity index (χ4n) is 4.50. The van der Waals surface area contributed by atoms with Gasteiger partial charge in [-0.2, -0.15) is 13.2 Å². The zero-order valence-electron chi connectivity index (χ0n) is 19.7. The van der Waals surface area contributed by atoms with Gasteiger partial charge in [0, 0.05) is 33.0 Å². The maximum Gasteiger partial charge on any atom is 0.416 e. The Morgan fingerprint density at radius 1 is 1.03 bits per heavy atom. The summed E-state index contributed by atoms with van der Waals surface area (Å²) in [6.07, 6.45) is -3.93. The van der Waals surface area contributed by atoms with Gasteiger partial charge in [-0.3, -0.25) is 9.59 Å². The van der Waals surface area contributed by atoms with Crippen LogP contribution < -0.4 is 10.6 Å². The third-order valence-electron chi connectivity index (χ3n) is 6.45. The molecule has 1 aliphatic carbocycles. The van der Waals surface area contributed by atoms with Crippen molar-refractivity contribution in [2.75, 3.05) is 5.32 Å². The first-order chi connectivity index (χ1) is 18.2. The number of fused-ring (bicyclic) bond motifs is 1. The molecule has 1 unspecified atom stereocenters. The topological polar surface area (TPSA) is 92.3 Å². The lowest BCUT2D eigenvalue weighted by atomic mass is 9.94. The van der Waals surface area contributed by atoms with Gasteiger partial charge >= 0.3 is 6.18 Å². The number of nitrogens with one attached hydrogen (secondary N) is 2. The number of benzene rings is 3. The molecule has 5 rings (SSSR count). The Kier molecular flexibility index (Phi) is 6.66. The van der Waals surface area contributed by atoms with E-state index >= 15 is 0 Å². The number of amides is 2. The molecule has 39 heavy (non-hydrogen) atoms. The summed E-state index contributed by atoms with van der Waals surface area (Å²) in [5, 5.41) is 4.57. The summed E-state index contributed by atoms with van der Waals surface area (Å²) in [5.74, 6) is -4.24. The van der Waals surface area contributed by atoms with Gasteiger partial charge in [0.1, 0.15) is 11.6 Å². The van der Waals surface area contributed by atoms with Crippen LogP contribution in [-0.4, -0.2) is 25.5 Å². The van der Waals surface area contributed by atoms with E-state index in [4.69, 9.17) is 11.6 Å². The Morgan fingerprint density at radius 2 is 1.74 bits per heavy atom. The van der Waals surface area contributed by atoms with E-state index in [0.29, 0.717) is 25.0 Å². The van der Waals surface area contributed by atoms with Crippen LogP contribution in [0.25, 0.3) is 0 Å². The number of rotatable bonds is 6. The highest BCUT2D eigenvalue weighted by atomic mass is 35.5. The largest absolute Gasteiger partial charge is 0.416 e. The molecule has 1 atom stereocenters. The lowest BCUT2D eigenvalue weighted by Gasteiger charge is -2.19. The van der Waals surface area contributed by atoms with Crippen LogP contribution >= 0.6 is 11.6 Å². The zero-order chi connectivity index (χ0) is 28.3. The highest BCUT2D eigenvalue weighted by Gasteiger charge is 2.38. The predicted molar refractivity (Wildman–Crippen MR) is 132 cm³/mol. The van der Waals surface area contributed by atoms with E-state index in [1.165, 1.54) is 18.2 Å². The van der Waals surface area contributed by atoms with Gasteiger partial charge in [-0.25, -0.2) is 17.2 Å². The molecule has 0 spiro atoms. The van der Waals surface area contributed by atoms with E-state index in [-0.39, 0.29) is 39.0 Å². The zero-order valence-corrected chi connectivity index (χ0v) is 21.3. The van der Waals surface area contributed by atoms with Crippen LogP contribution in [0.3, 0.4) is 0 Å². The van der Waals surface area contributed by atoms with Gasteiger partial charge in [-0.1, -0.05) is 11.6 Å². The minimum absolute atomic E-state index is 0.0330. The summed E-state index contributed by atoms with van der Waals surface area (Å²) in [5.41, 5.74) is -1.83. The maximum absolute atomic E-state index is 14.1. The van der Waals surface area contributed by atoms with Crippen LogP contribution in [0.15, 0.2) is 48.5 Å². The van der Waals surface area contributed by atoms with Crippen molar-refractivity contribution < 1.29 is 40.0 Å². The summed E-state index contributed by atoms with van der Waals surface area (Å²) >= 11 is 6.25. The van der Waals surface area contributed by atoms with Crippen molar-refractivity contribution in [1.82, 2.24) is 5.32 Å². The van der Waals surface area contributed by atoms with Crippen LogP contribution in [0.1, 0.15) is 61.9 Å². The smallest absolute Gasteiger partial charge is 0.341 e. The van der Waals surface area contributed by atoms with E-state index in [9.17, 15) is 40.0 Å². The molecular weight excluding hydrogens is 567 g/mol. The van der Waals surface area contributed by atoms with Crippen molar-refractivity contribution in [1.29, 1.82) is 0 Å². The monoisotopic (exact) mass is 584 g/mol. The minimum atomic E-state index is -4.93. The van der Waals surface area contributed by atoms with E-state index in [0.717, 1.165) is 12.1 Å². The minimum Gasteiger partial charge on any atom is -0.341 e. The highest BCUT2D eigenvalue weighted by molar-refractivity contribution is 7.91. The summed E-state index contributed by atoms with van der Waals surface area (Å²) in [6.45, 7) is 0. The number of anilines is 1. The van der Waals surface area contributed by atoms with Gasteiger partial charge in [0.05, 0.1) is 22.6 Å². The van der Waals surface area contributed by atoms with E-state index in [1.54, 1.807) is 0 Å². The second kappa shape index (κ2) is 9.60. The number of halogens is 6. The molecule has 2 aliphatic rings. The van der Waals surface area contributed by atoms with E-state index in [2.05, 4.69) is 10.6 Å². The molecule has 204 valence electrons. The van der Waals surface area contributed by atoms with Crippen LogP contribution in [0, 0.1) is 11.6 Å².